The third kappa shape index (κ3) is 2.68. The van der Waals surface area contributed by atoms with Crippen LogP contribution in [-0.4, -0.2) is 30.8 Å². The van der Waals surface area contributed by atoms with E-state index in [9.17, 15) is 13.2 Å². The number of alkyl halides is 3. The van der Waals surface area contributed by atoms with Crippen LogP contribution in [-0.2, 0) is 10.9 Å². The number of aromatic nitrogens is 1. The Morgan fingerprint density at radius 2 is 2.11 bits per heavy atom. The molecule has 0 amide bonds. The monoisotopic (exact) mass is 272 g/mol. The lowest BCUT2D eigenvalue weighted by atomic mass is 10.1. The molecule has 1 atom stereocenters. The zero-order valence-corrected chi connectivity index (χ0v) is 10.4. The molecular formula is C13H15F3N2O. The van der Waals surface area contributed by atoms with Crippen LogP contribution in [0.5, 0.6) is 0 Å². The summed E-state index contributed by atoms with van der Waals surface area (Å²) in [6.45, 7) is 1.43. The van der Waals surface area contributed by atoms with Crippen LogP contribution in [0, 0.1) is 5.92 Å². The van der Waals surface area contributed by atoms with Gasteiger partial charge in [0.25, 0.3) is 0 Å². The van der Waals surface area contributed by atoms with E-state index in [0.29, 0.717) is 25.6 Å². The summed E-state index contributed by atoms with van der Waals surface area (Å²) >= 11 is 0. The third-order valence-corrected chi connectivity index (χ3v) is 3.63. The van der Waals surface area contributed by atoms with Gasteiger partial charge in [0.1, 0.15) is 5.82 Å². The highest BCUT2D eigenvalue weighted by Gasteiger charge is 2.39. The fraction of sp³-hybridized carbons (Fsp3) is 0.615. The molecule has 6 heteroatoms. The van der Waals surface area contributed by atoms with Crippen molar-refractivity contribution in [2.75, 3.05) is 24.6 Å². The average molecular weight is 272 g/mol. The molecule has 0 N–H and O–H groups in total. The molecule has 0 bridgehead atoms. The molecule has 19 heavy (non-hydrogen) atoms. The summed E-state index contributed by atoms with van der Waals surface area (Å²) < 4.78 is 44.5. The molecule has 1 unspecified atom stereocenters. The van der Waals surface area contributed by atoms with E-state index < -0.39 is 11.7 Å². The molecule has 104 valence electrons. The van der Waals surface area contributed by atoms with Gasteiger partial charge in [0.05, 0.1) is 18.3 Å². The first-order chi connectivity index (χ1) is 9.05. The van der Waals surface area contributed by atoms with Gasteiger partial charge in [-0.1, -0.05) is 0 Å². The van der Waals surface area contributed by atoms with Gasteiger partial charge in [-0.25, -0.2) is 4.98 Å². The Morgan fingerprint density at radius 1 is 1.32 bits per heavy atom. The quantitative estimate of drug-likeness (QED) is 0.827. The first-order valence-corrected chi connectivity index (χ1v) is 6.44. The zero-order chi connectivity index (χ0) is 13.5. The predicted molar refractivity (Wildman–Crippen MR) is 63.9 cm³/mol. The number of morpholine rings is 1. The number of halogens is 3. The fourth-order valence-electron chi connectivity index (χ4n) is 2.49. The summed E-state index contributed by atoms with van der Waals surface area (Å²) in [4.78, 5) is 5.64. The second kappa shape index (κ2) is 4.67. The van der Waals surface area contributed by atoms with Crippen LogP contribution in [0.1, 0.15) is 18.4 Å². The van der Waals surface area contributed by atoms with Crippen molar-refractivity contribution in [2.45, 2.75) is 25.1 Å². The Balaban J connectivity index is 1.84. The first-order valence-electron chi connectivity index (χ1n) is 6.44. The molecule has 3 rings (SSSR count). The van der Waals surface area contributed by atoms with Crippen LogP contribution in [0.2, 0.25) is 0 Å². The number of hydrogen-bond acceptors (Lipinski definition) is 3. The Labute approximate surface area is 109 Å². The van der Waals surface area contributed by atoms with Crippen molar-refractivity contribution < 1.29 is 17.9 Å². The van der Waals surface area contributed by atoms with Crippen molar-refractivity contribution in [2.24, 2.45) is 5.92 Å². The smallest absolute Gasteiger partial charge is 0.374 e. The number of nitrogens with zero attached hydrogens (tertiary/aromatic N) is 2. The molecule has 2 fully saturated rings. The molecule has 2 aliphatic rings. The maximum absolute atomic E-state index is 13.0. The average Bonchev–Trinajstić information content (AvgIpc) is 3.22. The molecule has 0 spiro atoms. The van der Waals surface area contributed by atoms with E-state index in [1.54, 1.807) is 4.90 Å². The largest absolute Gasteiger partial charge is 0.419 e. The van der Waals surface area contributed by atoms with Gasteiger partial charge < -0.3 is 9.64 Å². The minimum atomic E-state index is -4.36. The van der Waals surface area contributed by atoms with Gasteiger partial charge in [0.2, 0.25) is 0 Å². The molecule has 1 aliphatic heterocycles. The summed E-state index contributed by atoms with van der Waals surface area (Å²) in [6, 6.07) is 2.41. The second-order valence-corrected chi connectivity index (χ2v) is 5.07. The highest BCUT2D eigenvalue weighted by molar-refractivity contribution is 5.48. The molecular weight excluding hydrogens is 257 g/mol. The highest BCUT2D eigenvalue weighted by Crippen LogP contribution is 2.39. The lowest BCUT2D eigenvalue weighted by Crippen LogP contribution is -2.44. The molecule has 1 aromatic rings. The van der Waals surface area contributed by atoms with E-state index in [4.69, 9.17) is 4.74 Å². The SMILES string of the molecule is FC(F)(F)c1cccnc1N1CCOC(C2CC2)C1. The Hall–Kier alpha value is -1.30. The van der Waals surface area contributed by atoms with E-state index in [2.05, 4.69) is 4.98 Å². The van der Waals surface area contributed by atoms with Crippen LogP contribution < -0.4 is 4.90 Å². The van der Waals surface area contributed by atoms with E-state index in [0.717, 1.165) is 18.9 Å². The topological polar surface area (TPSA) is 25.4 Å². The highest BCUT2D eigenvalue weighted by atomic mass is 19.4. The lowest BCUT2D eigenvalue weighted by Gasteiger charge is -2.35. The normalized spacial score (nSPS) is 24.6. The van der Waals surface area contributed by atoms with Crippen molar-refractivity contribution in [1.29, 1.82) is 0 Å². The predicted octanol–water partition coefficient (Wildman–Crippen LogP) is 2.72. The standard InChI is InChI=1S/C13H15F3N2O/c14-13(15,16)10-2-1-5-17-12(10)18-6-7-19-11(8-18)9-3-4-9/h1-2,5,9,11H,3-4,6-8H2. The minimum Gasteiger partial charge on any atom is -0.374 e. The van der Waals surface area contributed by atoms with Crippen molar-refractivity contribution in [3.63, 3.8) is 0 Å². The van der Waals surface area contributed by atoms with Crippen molar-refractivity contribution in [1.82, 2.24) is 4.98 Å². The van der Waals surface area contributed by atoms with Gasteiger partial charge in [0.15, 0.2) is 0 Å². The van der Waals surface area contributed by atoms with Crippen molar-refractivity contribution in [3.05, 3.63) is 23.9 Å². The number of pyridine rings is 1. The maximum atomic E-state index is 13.0. The Bertz CT molecular complexity index is 459. The molecule has 1 aromatic heterocycles. The molecule has 0 radical (unpaired) electrons. The molecule has 1 aliphatic carbocycles. The Kier molecular flexibility index (Phi) is 3.12. The lowest BCUT2D eigenvalue weighted by molar-refractivity contribution is -0.137. The van der Waals surface area contributed by atoms with E-state index >= 15 is 0 Å². The van der Waals surface area contributed by atoms with Crippen LogP contribution in [0.4, 0.5) is 19.0 Å². The Morgan fingerprint density at radius 3 is 2.79 bits per heavy atom. The first kappa shape index (κ1) is 12.7. The maximum Gasteiger partial charge on any atom is 0.419 e. The van der Waals surface area contributed by atoms with Gasteiger partial charge >= 0.3 is 6.18 Å². The molecule has 1 saturated carbocycles. The van der Waals surface area contributed by atoms with Crippen LogP contribution in [0.3, 0.4) is 0 Å². The number of ether oxygens (including phenoxy) is 1. The number of hydrogen-bond donors (Lipinski definition) is 0. The van der Waals surface area contributed by atoms with E-state index in [1.807, 2.05) is 0 Å². The molecule has 2 heterocycles. The van der Waals surface area contributed by atoms with Crippen LogP contribution in [0.25, 0.3) is 0 Å². The van der Waals surface area contributed by atoms with Gasteiger partial charge in [-0.15, -0.1) is 0 Å². The zero-order valence-electron chi connectivity index (χ0n) is 10.4. The van der Waals surface area contributed by atoms with Gasteiger partial charge in [-0.3, -0.25) is 0 Å². The fourth-order valence-corrected chi connectivity index (χ4v) is 2.49. The summed E-state index contributed by atoms with van der Waals surface area (Å²) in [5, 5.41) is 0. The second-order valence-electron chi connectivity index (χ2n) is 5.07. The molecule has 1 saturated heterocycles. The van der Waals surface area contributed by atoms with Crippen LogP contribution >= 0.6 is 0 Å². The van der Waals surface area contributed by atoms with E-state index in [-0.39, 0.29) is 11.9 Å². The summed E-state index contributed by atoms with van der Waals surface area (Å²) in [5.41, 5.74) is -0.661. The van der Waals surface area contributed by atoms with Crippen molar-refractivity contribution >= 4 is 5.82 Å². The van der Waals surface area contributed by atoms with Gasteiger partial charge in [-0.2, -0.15) is 13.2 Å². The minimum absolute atomic E-state index is 0.0314. The summed E-state index contributed by atoms with van der Waals surface area (Å²) in [6.07, 6.45) is -0.667. The van der Waals surface area contributed by atoms with Crippen molar-refractivity contribution in [3.8, 4) is 0 Å². The van der Waals surface area contributed by atoms with E-state index in [1.165, 1.54) is 12.3 Å². The van der Waals surface area contributed by atoms with Gasteiger partial charge in [-0.05, 0) is 30.9 Å². The number of anilines is 1. The summed E-state index contributed by atoms with van der Waals surface area (Å²) in [5.74, 6) is 0.546. The van der Waals surface area contributed by atoms with Crippen LogP contribution in [0.15, 0.2) is 18.3 Å². The molecule has 3 nitrogen and oxygen atoms in total. The summed E-state index contributed by atoms with van der Waals surface area (Å²) in [7, 11) is 0. The molecule has 0 aromatic carbocycles. The third-order valence-electron chi connectivity index (χ3n) is 3.63. The number of rotatable bonds is 2. The van der Waals surface area contributed by atoms with Gasteiger partial charge in [0, 0.05) is 19.3 Å².